The van der Waals surface area contributed by atoms with Crippen LogP contribution in [0.1, 0.15) is 50.7 Å². The molecule has 0 radical (unpaired) electrons. The highest BCUT2D eigenvalue weighted by Gasteiger charge is 2.36. The van der Waals surface area contributed by atoms with E-state index in [1.807, 2.05) is 0 Å². The van der Waals surface area contributed by atoms with Crippen LogP contribution in [0.25, 0.3) is 44.3 Å². The second-order valence-corrected chi connectivity index (χ2v) is 11.2. The smallest absolute Gasteiger partial charge is 0.120 e. The van der Waals surface area contributed by atoms with Gasteiger partial charge < -0.3 is 19.1 Å². The quantitative estimate of drug-likeness (QED) is 0.267. The minimum atomic E-state index is -0.364. The Morgan fingerprint density at radius 3 is 1.33 bits per heavy atom. The van der Waals surface area contributed by atoms with Crippen molar-refractivity contribution in [2.45, 2.75) is 38.5 Å². The maximum Gasteiger partial charge on any atom is 0.120 e. The summed E-state index contributed by atoms with van der Waals surface area (Å²) in [5, 5.41) is 4.85. The lowest BCUT2D eigenvalue weighted by atomic mass is 9.86. The number of aryl methyl sites for hydroxylation is 2. The highest BCUT2D eigenvalue weighted by Crippen LogP contribution is 2.44. The van der Waals surface area contributed by atoms with E-state index in [4.69, 9.17) is 9.97 Å². The summed E-state index contributed by atoms with van der Waals surface area (Å²) in [6.07, 6.45) is 4.20. The van der Waals surface area contributed by atoms with Crippen molar-refractivity contribution < 1.29 is 0 Å². The van der Waals surface area contributed by atoms with Crippen LogP contribution in [0.4, 0.5) is 0 Å². The zero-order valence-corrected chi connectivity index (χ0v) is 21.6. The third kappa shape index (κ3) is 2.61. The second-order valence-electron chi connectivity index (χ2n) is 11.2. The van der Waals surface area contributed by atoms with Crippen molar-refractivity contribution in [3.05, 3.63) is 84.0 Å². The Morgan fingerprint density at radius 2 is 0.944 bits per heavy atom. The molecule has 7 rings (SSSR count). The topological polar surface area (TPSA) is 67.2 Å². The van der Waals surface area contributed by atoms with Crippen LogP contribution in [-0.4, -0.2) is 29.1 Å². The van der Waals surface area contributed by atoms with E-state index in [9.17, 15) is 0 Å². The number of benzene rings is 2. The van der Waals surface area contributed by atoms with Gasteiger partial charge in [-0.2, -0.15) is 0 Å². The molecule has 6 nitrogen and oxygen atoms in total. The first-order valence-corrected chi connectivity index (χ1v) is 12.5. The number of fused-ring (bicyclic) bond motifs is 16. The van der Waals surface area contributed by atoms with Crippen molar-refractivity contribution in [3.63, 3.8) is 0 Å². The predicted octanol–water partition coefficient (Wildman–Crippen LogP) is 6.42. The van der Waals surface area contributed by atoms with Gasteiger partial charge in [-0.3, -0.25) is 0 Å². The van der Waals surface area contributed by atoms with Gasteiger partial charge >= 0.3 is 0 Å². The summed E-state index contributed by atoms with van der Waals surface area (Å²) in [5.41, 5.74) is 5.59. The van der Waals surface area contributed by atoms with Gasteiger partial charge in [-0.15, -0.1) is 0 Å². The molecule has 0 spiro atoms. The fraction of sp³-hybridized carbons (Fsp3) is 0.267. The zero-order valence-electron chi connectivity index (χ0n) is 21.6. The lowest BCUT2D eigenvalue weighted by molar-refractivity contribution is 0.551. The second kappa shape index (κ2) is 6.78. The molecular formula is C30H30N6. The lowest BCUT2D eigenvalue weighted by Crippen LogP contribution is -2.24. The molecule has 0 atom stereocenters. The van der Waals surface area contributed by atoms with Crippen LogP contribution < -0.4 is 0 Å². The van der Waals surface area contributed by atoms with Gasteiger partial charge in [-0.1, -0.05) is 48.5 Å². The van der Waals surface area contributed by atoms with Crippen LogP contribution in [0.5, 0.6) is 0 Å². The molecular weight excluding hydrogens is 444 g/mol. The first-order chi connectivity index (χ1) is 17.2. The number of hydrogen-bond acceptors (Lipinski definition) is 2. The van der Waals surface area contributed by atoms with Crippen LogP contribution in [0.3, 0.4) is 0 Å². The molecule has 0 fully saturated rings. The minimum Gasteiger partial charge on any atom is -0.355 e. The van der Waals surface area contributed by atoms with Gasteiger partial charge in [0.2, 0.25) is 0 Å². The maximum atomic E-state index is 5.16. The van der Waals surface area contributed by atoms with E-state index in [-0.39, 0.29) is 10.8 Å². The fourth-order valence-electron chi connectivity index (χ4n) is 6.30. The van der Waals surface area contributed by atoms with Gasteiger partial charge in [0.25, 0.3) is 0 Å². The first kappa shape index (κ1) is 21.2. The van der Waals surface area contributed by atoms with E-state index in [1.165, 1.54) is 21.5 Å². The van der Waals surface area contributed by atoms with Crippen LogP contribution in [-0.2, 0) is 24.9 Å². The Hall–Kier alpha value is -4.06. The van der Waals surface area contributed by atoms with Crippen molar-refractivity contribution in [1.29, 1.82) is 0 Å². The normalized spacial score (nSPS) is 15.9. The Bertz CT molecular complexity index is 1680. The van der Waals surface area contributed by atoms with Crippen LogP contribution in [0, 0.1) is 0 Å². The molecule has 36 heavy (non-hydrogen) atoms. The van der Waals surface area contributed by atoms with Crippen molar-refractivity contribution in [2.24, 2.45) is 14.1 Å². The summed E-state index contributed by atoms with van der Waals surface area (Å²) in [4.78, 5) is 18.1. The van der Waals surface area contributed by atoms with Crippen LogP contribution >= 0.6 is 0 Å². The molecule has 6 aromatic rings. The fourth-order valence-corrected chi connectivity index (χ4v) is 6.30. The van der Waals surface area contributed by atoms with Gasteiger partial charge in [0.05, 0.1) is 22.2 Å². The summed E-state index contributed by atoms with van der Waals surface area (Å²) >= 11 is 0. The van der Waals surface area contributed by atoms with Crippen molar-refractivity contribution >= 4 is 21.5 Å². The molecule has 8 bridgehead atoms. The number of aromatic amines is 2. The SMILES string of the molecule is Cn1cc2nc1C(C)(C)c1[nH]c(c3ccccc13)-c1[nH]c(c3ccccc13)C(C)(C)c1nc-2cn1C. The number of rotatable bonds is 0. The number of imidazole rings is 2. The third-order valence-electron chi connectivity index (χ3n) is 8.06. The molecule has 1 aliphatic rings. The molecule has 0 saturated heterocycles. The number of nitrogens with one attached hydrogen (secondary N) is 2. The first-order valence-electron chi connectivity index (χ1n) is 12.5. The average Bonchev–Trinajstić information content (AvgIpc) is 3.61. The van der Waals surface area contributed by atoms with E-state index >= 15 is 0 Å². The molecule has 6 heteroatoms. The molecule has 1 aliphatic heterocycles. The van der Waals surface area contributed by atoms with E-state index in [0.29, 0.717) is 0 Å². The van der Waals surface area contributed by atoms with Gasteiger partial charge in [0, 0.05) is 59.4 Å². The highest BCUT2D eigenvalue weighted by atomic mass is 15.1. The monoisotopic (exact) mass is 474 g/mol. The molecule has 0 saturated carbocycles. The van der Waals surface area contributed by atoms with Crippen LogP contribution in [0.15, 0.2) is 60.9 Å². The Kier molecular flexibility index (Phi) is 4.00. The van der Waals surface area contributed by atoms with Gasteiger partial charge in [0.15, 0.2) is 0 Å². The van der Waals surface area contributed by atoms with E-state index in [0.717, 1.165) is 45.8 Å². The third-order valence-corrected chi connectivity index (χ3v) is 8.06. The molecule has 2 N–H and O–H groups in total. The summed E-state index contributed by atoms with van der Waals surface area (Å²) in [6.45, 7) is 8.99. The zero-order chi connectivity index (χ0) is 25.0. The minimum absolute atomic E-state index is 0.364. The van der Waals surface area contributed by atoms with Gasteiger partial charge in [-0.05, 0) is 27.7 Å². The average molecular weight is 475 g/mol. The summed E-state index contributed by atoms with van der Waals surface area (Å²) in [5.74, 6) is 1.99. The molecule has 2 aromatic carbocycles. The Morgan fingerprint density at radius 1 is 0.583 bits per heavy atom. The van der Waals surface area contributed by atoms with Crippen LogP contribution in [0.2, 0.25) is 0 Å². The molecule has 0 unspecified atom stereocenters. The summed E-state index contributed by atoms with van der Waals surface area (Å²) in [6, 6.07) is 17.3. The molecule has 0 amide bonds. The maximum absolute atomic E-state index is 5.16. The predicted molar refractivity (Wildman–Crippen MR) is 145 cm³/mol. The van der Waals surface area contributed by atoms with Gasteiger partial charge in [0.1, 0.15) is 23.0 Å². The molecule has 4 aromatic heterocycles. The summed E-state index contributed by atoms with van der Waals surface area (Å²) in [7, 11) is 4.16. The lowest BCUT2D eigenvalue weighted by Gasteiger charge is -2.24. The van der Waals surface area contributed by atoms with E-state index in [1.54, 1.807) is 0 Å². The van der Waals surface area contributed by atoms with Crippen molar-refractivity contribution in [2.75, 3.05) is 0 Å². The standard InChI is InChI=1S/C30H30N6/c1-29(2)25-19-13-9-7-11-17(19)23(33-25)24-18-12-8-10-14-20(18)26(34-24)30(3,4)28-32-22(16-36(28)6)21-15-35(5)27(29)31-21/h7-16,33-34H,1-6H3. The summed E-state index contributed by atoms with van der Waals surface area (Å²) < 4.78 is 4.29. The number of H-pyrrole nitrogens is 2. The van der Waals surface area contributed by atoms with E-state index in [2.05, 4.69) is 122 Å². The number of nitrogens with zero attached hydrogens (tertiary/aromatic N) is 4. The molecule has 0 aliphatic carbocycles. The number of hydrogen-bond donors (Lipinski definition) is 2. The van der Waals surface area contributed by atoms with E-state index < -0.39 is 0 Å². The highest BCUT2D eigenvalue weighted by molar-refractivity contribution is 6.06. The van der Waals surface area contributed by atoms with Gasteiger partial charge in [-0.25, -0.2) is 9.97 Å². The number of aromatic nitrogens is 6. The Labute approximate surface area is 210 Å². The molecule has 180 valence electrons. The van der Waals surface area contributed by atoms with Crippen molar-refractivity contribution in [1.82, 2.24) is 29.1 Å². The van der Waals surface area contributed by atoms with Crippen molar-refractivity contribution in [3.8, 4) is 22.8 Å². The molecule has 5 heterocycles. The largest absolute Gasteiger partial charge is 0.355 e. The Balaban J connectivity index is 1.68.